The molecule has 1 aromatic rings. The normalized spacial score (nSPS) is 23.1. The summed E-state index contributed by atoms with van der Waals surface area (Å²) in [6.45, 7) is 0.843. The zero-order chi connectivity index (χ0) is 11.6. The molecule has 1 aromatic heterocycles. The van der Waals surface area contributed by atoms with Crippen molar-refractivity contribution < 1.29 is 17.9 Å². The van der Waals surface area contributed by atoms with Crippen LogP contribution in [0.4, 0.5) is 0 Å². The van der Waals surface area contributed by atoms with Gasteiger partial charge in [0, 0.05) is 13.1 Å². The average molecular weight is 245 g/mol. The lowest BCUT2D eigenvalue weighted by Gasteiger charge is -2.31. The fourth-order valence-corrected chi connectivity index (χ4v) is 3.13. The highest BCUT2D eigenvalue weighted by Crippen LogP contribution is 2.22. The minimum atomic E-state index is -2.88. The molecule has 1 fully saturated rings. The molecular weight excluding hydrogens is 230 g/mol. The molecule has 0 amide bonds. The Labute approximate surface area is 94.6 Å². The second-order valence-corrected chi connectivity index (χ2v) is 6.21. The number of aliphatic hydroxyl groups is 1. The third-order valence-electron chi connectivity index (χ3n) is 2.86. The van der Waals surface area contributed by atoms with Gasteiger partial charge in [-0.2, -0.15) is 0 Å². The van der Waals surface area contributed by atoms with Gasteiger partial charge in [0.2, 0.25) is 0 Å². The number of nitrogens with zero attached hydrogens (tertiary/aromatic N) is 1. The van der Waals surface area contributed by atoms with E-state index in [0.717, 1.165) is 0 Å². The molecule has 1 unspecified atom stereocenters. The van der Waals surface area contributed by atoms with Crippen LogP contribution in [0.5, 0.6) is 0 Å². The van der Waals surface area contributed by atoms with Crippen LogP contribution in [0.2, 0.25) is 0 Å². The second-order valence-electron chi connectivity index (χ2n) is 3.90. The van der Waals surface area contributed by atoms with Crippen molar-refractivity contribution >= 4 is 9.84 Å². The van der Waals surface area contributed by atoms with Gasteiger partial charge in [-0.1, -0.05) is 0 Å². The Morgan fingerprint density at radius 3 is 2.62 bits per heavy atom. The van der Waals surface area contributed by atoms with Crippen LogP contribution in [0, 0.1) is 0 Å². The van der Waals surface area contributed by atoms with Crippen LogP contribution < -0.4 is 0 Å². The van der Waals surface area contributed by atoms with Crippen LogP contribution in [-0.4, -0.2) is 49.6 Å². The fraction of sp³-hybridized carbons (Fsp3) is 0.600. The molecule has 1 aliphatic rings. The van der Waals surface area contributed by atoms with Gasteiger partial charge in [-0.15, -0.1) is 0 Å². The smallest absolute Gasteiger partial charge is 0.152 e. The zero-order valence-corrected chi connectivity index (χ0v) is 9.69. The van der Waals surface area contributed by atoms with Crippen molar-refractivity contribution in [1.29, 1.82) is 0 Å². The third-order valence-corrected chi connectivity index (χ3v) is 4.47. The maximum absolute atomic E-state index is 11.3. The number of furan rings is 1. The first-order valence-electron chi connectivity index (χ1n) is 5.21. The number of hydrogen-bond donors (Lipinski definition) is 1. The molecule has 2 heterocycles. The number of sulfone groups is 1. The van der Waals surface area contributed by atoms with E-state index in [1.54, 1.807) is 18.4 Å². The van der Waals surface area contributed by atoms with E-state index in [1.807, 2.05) is 4.90 Å². The Hall–Kier alpha value is -0.850. The summed E-state index contributed by atoms with van der Waals surface area (Å²) < 4.78 is 27.8. The Balaban J connectivity index is 2.07. The molecule has 0 aliphatic carbocycles. The Kier molecular flexibility index (Phi) is 3.32. The monoisotopic (exact) mass is 245 g/mol. The standard InChI is InChI=1S/C10H15NO4S/c12-8-9(10-2-1-5-15-10)11-3-6-16(13,14)7-4-11/h1-2,5,9,12H,3-4,6-8H2. The van der Waals surface area contributed by atoms with Crippen LogP contribution in [-0.2, 0) is 9.84 Å². The lowest BCUT2D eigenvalue weighted by atomic mass is 10.2. The molecule has 0 bridgehead atoms. The van der Waals surface area contributed by atoms with Crippen LogP contribution in [0.15, 0.2) is 22.8 Å². The van der Waals surface area contributed by atoms with E-state index in [4.69, 9.17) is 4.42 Å². The summed E-state index contributed by atoms with van der Waals surface area (Å²) in [4.78, 5) is 1.94. The molecule has 16 heavy (non-hydrogen) atoms. The summed E-state index contributed by atoms with van der Waals surface area (Å²) >= 11 is 0. The van der Waals surface area contributed by atoms with Crippen molar-refractivity contribution in [2.24, 2.45) is 0 Å². The van der Waals surface area contributed by atoms with Crippen molar-refractivity contribution in [3.63, 3.8) is 0 Å². The van der Waals surface area contributed by atoms with Crippen LogP contribution in [0.25, 0.3) is 0 Å². The van der Waals surface area contributed by atoms with E-state index in [-0.39, 0.29) is 24.2 Å². The van der Waals surface area contributed by atoms with Crippen molar-refractivity contribution in [2.75, 3.05) is 31.2 Å². The van der Waals surface area contributed by atoms with Gasteiger partial charge in [0.15, 0.2) is 9.84 Å². The molecule has 6 heteroatoms. The molecule has 0 spiro atoms. The molecule has 0 radical (unpaired) electrons. The summed E-state index contributed by atoms with van der Waals surface area (Å²) in [6, 6.07) is 3.33. The van der Waals surface area contributed by atoms with Gasteiger partial charge in [-0.25, -0.2) is 8.42 Å². The predicted molar refractivity (Wildman–Crippen MR) is 58.8 cm³/mol. The van der Waals surface area contributed by atoms with Gasteiger partial charge in [-0.3, -0.25) is 4.90 Å². The summed E-state index contributed by atoms with van der Waals surface area (Å²) in [5.41, 5.74) is 0. The van der Waals surface area contributed by atoms with Gasteiger partial charge >= 0.3 is 0 Å². The molecule has 1 N–H and O–H groups in total. The van der Waals surface area contributed by atoms with Gasteiger partial charge < -0.3 is 9.52 Å². The molecule has 1 aliphatic heterocycles. The molecule has 2 rings (SSSR count). The van der Waals surface area contributed by atoms with E-state index >= 15 is 0 Å². The molecule has 1 atom stereocenters. The highest BCUT2D eigenvalue weighted by molar-refractivity contribution is 7.91. The average Bonchev–Trinajstić information content (AvgIpc) is 2.75. The van der Waals surface area contributed by atoms with E-state index in [9.17, 15) is 13.5 Å². The van der Waals surface area contributed by atoms with E-state index in [2.05, 4.69) is 0 Å². The lowest BCUT2D eigenvalue weighted by Crippen LogP contribution is -2.43. The van der Waals surface area contributed by atoms with Crippen molar-refractivity contribution in [3.05, 3.63) is 24.2 Å². The number of aliphatic hydroxyl groups excluding tert-OH is 1. The first-order valence-corrected chi connectivity index (χ1v) is 7.03. The predicted octanol–water partition coefficient (Wildman–Crippen LogP) is 0.0434. The third kappa shape index (κ3) is 2.45. The summed E-state index contributed by atoms with van der Waals surface area (Å²) in [7, 11) is -2.88. The van der Waals surface area contributed by atoms with Crippen LogP contribution in [0.3, 0.4) is 0 Å². The topological polar surface area (TPSA) is 70.8 Å². The minimum Gasteiger partial charge on any atom is -0.468 e. The first kappa shape index (κ1) is 11.6. The number of rotatable bonds is 3. The highest BCUT2D eigenvalue weighted by atomic mass is 32.2. The highest BCUT2D eigenvalue weighted by Gasteiger charge is 2.28. The molecule has 0 saturated carbocycles. The fourth-order valence-electron chi connectivity index (χ4n) is 1.90. The van der Waals surface area contributed by atoms with E-state index in [0.29, 0.717) is 18.8 Å². The van der Waals surface area contributed by atoms with Gasteiger partial charge in [0.05, 0.1) is 30.4 Å². The van der Waals surface area contributed by atoms with Crippen LogP contribution >= 0.6 is 0 Å². The molecule has 1 saturated heterocycles. The minimum absolute atomic E-state index is 0.0619. The zero-order valence-electron chi connectivity index (χ0n) is 8.87. The molecule has 90 valence electrons. The SMILES string of the molecule is O=S1(=O)CCN(C(CO)c2ccco2)CC1. The first-order chi connectivity index (χ1) is 7.62. The maximum Gasteiger partial charge on any atom is 0.152 e. The second kappa shape index (κ2) is 4.57. The largest absolute Gasteiger partial charge is 0.468 e. The number of hydrogen-bond acceptors (Lipinski definition) is 5. The lowest BCUT2D eigenvalue weighted by molar-refractivity contribution is 0.115. The van der Waals surface area contributed by atoms with Gasteiger partial charge in [-0.05, 0) is 12.1 Å². The van der Waals surface area contributed by atoms with Crippen molar-refractivity contribution in [3.8, 4) is 0 Å². The van der Waals surface area contributed by atoms with Crippen molar-refractivity contribution in [1.82, 2.24) is 4.90 Å². The molecule has 0 aromatic carbocycles. The summed E-state index contributed by atoms with van der Waals surface area (Å²) in [5, 5.41) is 9.33. The van der Waals surface area contributed by atoms with Crippen molar-refractivity contribution in [2.45, 2.75) is 6.04 Å². The Morgan fingerprint density at radius 2 is 2.12 bits per heavy atom. The quantitative estimate of drug-likeness (QED) is 0.814. The Morgan fingerprint density at radius 1 is 1.44 bits per heavy atom. The van der Waals surface area contributed by atoms with E-state index < -0.39 is 9.84 Å². The maximum atomic E-state index is 11.3. The van der Waals surface area contributed by atoms with Gasteiger partial charge in [0.25, 0.3) is 0 Å². The summed E-state index contributed by atoms with van der Waals surface area (Å²) in [5.74, 6) is 0.996. The molecular formula is C10H15NO4S. The summed E-state index contributed by atoms with van der Waals surface area (Å²) in [6.07, 6.45) is 1.55. The van der Waals surface area contributed by atoms with E-state index in [1.165, 1.54) is 0 Å². The molecule has 5 nitrogen and oxygen atoms in total. The Bertz CT molecular complexity index is 412. The van der Waals surface area contributed by atoms with Gasteiger partial charge in [0.1, 0.15) is 5.76 Å². The van der Waals surface area contributed by atoms with Crippen LogP contribution in [0.1, 0.15) is 11.8 Å².